The molecule has 0 amide bonds. The summed E-state index contributed by atoms with van der Waals surface area (Å²) in [4.78, 5) is 20.8. The Hall–Kier alpha value is -2.35. The van der Waals surface area contributed by atoms with Crippen molar-refractivity contribution < 1.29 is 4.55 Å². The molecule has 1 aliphatic rings. The van der Waals surface area contributed by atoms with Crippen LogP contribution in [0.15, 0.2) is 41.2 Å². The molecule has 2 heterocycles. The summed E-state index contributed by atoms with van der Waals surface area (Å²) in [5.74, 6) is 0.690. The number of benzene rings is 2. The molecule has 0 unspecified atom stereocenters. The Kier molecular flexibility index (Phi) is 6.09. The van der Waals surface area contributed by atoms with Crippen LogP contribution in [-0.4, -0.2) is 18.9 Å². The Labute approximate surface area is 193 Å². The van der Waals surface area contributed by atoms with E-state index in [1.807, 2.05) is 65.8 Å². The number of nitrogens with zero attached hydrogens (tertiary/aromatic N) is 3. The molecular formula is C25H32N4O2S. The van der Waals surface area contributed by atoms with Crippen molar-refractivity contribution in [1.82, 2.24) is 14.3 Å². The molecule has 0 fully saturated rings. The second-order valence-corrected chi connectivity index (χ2v) is 11.6. The Morgan fingerprint density at radius 2 is 1.81 bits per heavy atom. The summed E-state index contributed by atoms with van der Waals surface area (Å²) in [6.45, 7) is 13.8. The molecule has 0 bridgehead atoms. The predicted octanol–water partition coefficient (Wildman–Crippen LogP) is 4.36. The number of aromatic nitrogens is 2. The highest BCUT2D eigenvalue weighted by atomic mass is 32.2. The minimum atomic E-state index is -1.23. The summed E-state index contributed by atoms with van der Waals surface area (Å²) >= 11 is -1.23. The van der Waals surface area contributed by atoms with E-state index in [4.69, 9.17) is 4.98 Å². The highest BCUT2D eigenvalue weighted by Gasteiger charge is 2.30. The van der Waals surface area contributed by atoms with E-state index in [9.17, 15) is 9.35 Å². The van der Waals surface area contributed by atoms with Crippen molar-refractivity contribution in [2.24, 2.45) is 0 Å². The van der Waals surface area contributed by atoms with E-state index in [-0.39, 0.29) is 16.3 Å². The van der Waals surface area contributed by atoms with Gasteiger partial charge in [-0.15, -0.1) is 4.72 Å². The van der Waals surface area contributed by atoms with Gasteiger partial charge >= 0.3 is 0 Å². The molecule has 0 spiro atoms. The second kappa shape index (κ2) is 8.54. The summed E-state index contributed by atoms with van der Waals surface area (Å²) in [7, 11) is 0. The maximum atomic E-state index is 13.5. The van der Waals surface area contributed by atoms with Crippen LogP contribution in [0.2, 0.25) is 0 Å². The normalized spacial score (nSPS) is 15.8. The number of hydrogen-bond donors (Lipinski definition) is 1. The van der Waals surface area contributed by atoms with Crippen molar-refractivity contribution >= 4 is 28.2 Å². The van der Waals surface area contributed by atoms with E-state index in [2.05, 4.69) is 21.8 Å². The molecule has 0 saturated heterocycles. The lowest BCUT2D eigenvalue weighted by atomic mass is 10.0. The van der Waals surface area contributed by atoms with E-state index >= 15 is 0 Å². The van der Waals surface area contributed by atoms with Crippen molar-refractivity contribution in [3.63, 3.8) is 0 Å². The van der Waals surface area contributed by atoms with Crippen LogP contribution >= 0.6 is 0 Å². The van der Waals surface area contributed by atoms with Gasteiger partial charge in [0.25, 0.3) is 5.56 Å². The molecular weight excluding hydrogens is 420 g/mol. The number of anilines is 1. The molecule has 2 aromatic carbocycles. The molecule has 0 radical (unpaired) electrons. The molecule has 0 saturated carbocycles. The van der Waals surface area contributed by atoms with Crippen molar-refractivity contribution in [1.29, 1.82) is 0 Å². The molecule has 6 nitrogen and oxygen atoms in total. The highest BCUT2D eigenvalue weighted by Crippen LogP contribution is 2.30. The molecule has 1 N–H and O–H groups in total. The lowest BCUT2D eigenvalue weighted by Gasteiger charge is -2.27. The summed E-state index contributed by atoms with van der Waals surface area (Å²) in [5, 5.41) is 0.609. The maximum Gasteiger partial charge on any atom is 0.262 e. The van der Waals surface area contributed by atoms with Gasteiger partial charge in [-0.1, -0.05) is 30.3 Å². The van der Waals surface area contributed by atoms with E-state index in [0.29, 0.717) is 23.4 Å². The zero-order valence-electron chi connectivity index (χ0n) is 19.7. The fourth-order valence-corrected chi connectivity index (χ4v) is 5.02. The molecule has 2 atom stereocenters. The van der Waals surface area contributed by atoms with Crippen LogP contribution < -0.4 is 15.2 Å². The predicted molar refractivity (Wildman–Crippen MR) is 132 cm³/mol. The molecule has 1 aromatic heterocycles. The molecule has 3 aromatic rings. The van der Waals surface area contributed by atoms with E-state index in [1.54, 1.807) is 4.57 Å². The van der Waals surface area contributed by atoms with Crippen molar-refractivity contribution in [2.75, 3.05) is 4.90 Å². The van der Waals surface area contributed by atoms with Gasteiger partial charge in [-0.05, 0) is 64.3 Å². The van der Waals surface area contributed by atoms with Crippen LogP contribution in [-0.2, 0) is 31.0 Å². The fourth-order valence-electron chi connectivity index (χ4n) is 4.22. The Morgan fingerprint density at radius 3 is 2.38 bits per heavy atom. The third kappa shape index (κ3) is 4.17. The van der Waals surface area contributed by atoms with Crippen LogP contribution in [0.3, 0.4) is 0 Å². The van der Waals surface area contributed by atoms with Gasteiger partial charge in [-0.25, -0.2) is 4.98 Å². The van der Waals surface area contributed by atoms with Gasteiger partial charge in [0, 0.05) is 36.6 Å². The van der Waals surface area contributed by atoms with E-state index in [0.717, 1.165) is 24.2 Å². The summed E-state index contributed by atoms with van der Waals surface area (Å²) in [6, 6.07) is 12.1. The molecule has 7 heteroatoms. The second-order valence-electron chi connectivity index (χ2n) is 9.56. The van der Waals surface area contributed by atoms with Gasteiger partial charge in [-0.3, -0.25) is 9.36 Å². The van der Waals surface area contributed by atoms with Crippen LogP contribution in [0.5, 0.6) is 0 Å². The Bertz CT molecular complexity index is 1190. The van der Waals surface area contributed by atoms with Crippen LogP contribution in [0, 0.1) is 6.92 Å². The van der Waals surface area contributed by atoms with Gasteiger partial charge in [0.1, 0.15) is 4.75 Å². The largest absolute Gasteiger partial charge is 0.598 e. The summed E-state index contributed by atoms with van der Waals surface area (Å²) in [6.07, 6.45) is 0. The van der Waals surface area contributed by atoms with Crippen molar-refractivity contribution in [2.45, 2.75) is 72.0 Å². The zero-order chi connectivity index (χ0) is 23.2. The monoisotopic (exact) mass is 452 g/mol. The van der Waals surface area contributed by atoms with Crippen molar-refractivity contribution in [3.8, 4) is 0 Å². The molecule has 170 valence electrons. The average molecular weight is 453 g/mol. The van der Waals surface area contributed by atoms with Crippen LogP contribution in [0.1, 0.15) is 62.9 Å². The van der Waals surface area contributed by atoms with Gasteiger partial charge in [0.2, 0.25) is 5.95 Å². The third-order valence-electron chi connectivity index (χ3n) is 5.96. The topological polar surface area (TPSA) is 73.2 Å². The lowest BCUT2D eigenvalue weighted by Crippen LogP contribution is -2.40. The van der Waals surface area contributed by atoms with Crippen molar-refractivity contribution in [3.05, 3.63) is 69.0 Å². The zero-order valence-corrected chi connectivity index (χ0v) is 20.5. The molecule has 32 heavy (non-hydrogen) atoms. The number of nitrogens with one attached hydrogen (secondary N) is 1. The number of rotatable bonds is 5. The minimum Gasteiger partial charge on any atom is -0.598 e. The molecule has 1 aliphatic heterocycles. The fraction of sp³-hybridized carbons (Fsp3) is 0.440. The quantitative estimate of drug-likeness (QED) is 0.583. The lowest BCUT2D eigenvalue weighted by molar-refractivity contribution is 0.531. The number of hydrogen-bond acceptors (Lipinski definition) is 5. The first kappa shape index (κ1) is 22.8. The van der Waals surface area contributed by atoms with E-state index < -0.39 is 11.4 Å². The summed E-state index contributed by atoms with van der Waals surface area (Å²) < 4.78 is 17.3. The number of fused-ring (bicyclic) bond motifs is 2. The SMILES string of the molecule is CCn1c(N2Cc3ccccc3C2)nc2c([C@@H](C)N[S@+]([O-])C(C)(C)C)cc(C)cc2c1=O. The Morgan fingerprint density at radius 1 is 1.19 bits per heavy atom. The standard InChI is InChI=1S/C25H32N4O2S/c1-7-29-23(30)21-13-16(2)12-20(17(3)27-32(31)25(4,5)6)22(21)26-24(29)28-14-18-10-8-9-11-19(18)15-28/h8-13,17,27H,7,14-15H2,1-6H3/t17-,32-/m1/s1. The number of aryl methyl sites for hydroxylation is 1. The smallest absolute Gasteiger partial charge is 0.262 e. The first-order valence-corrected chi connectivity index (χ1v) is 12.3. The van der Waals surface area contributed by atoms with Crippen LogP contribution in [0.4, 0.5) is 5.95 Å². The average Bonchev–Trinajstić information content (AvgIpc) is 3.17. The van der Waals surface area contributed by atoms with Crippen LogP contribution in [0.25, 0.3) is 10.9 Å². The molecule has 0 aliphatic carbocycles. The third-order valence-corrected chi connectivity index (χ3v) is 7.64. The molecule has 4 rings (SSSR count). The summed E-state index contributed by atoms with van der Waals surface area (Å²) in [5.41, 5.74) is 5.08. The van der Waals surface area contributed by atoms with Gasteiger partial charge in [-0.2, -0.15) is 0 Å². The van der Waals surface area contributed by atoms with E-state index in [1.165, 1.54) is 11.1 Å². The maximum absolute atomic E-state index is 13.5. The van der Waals surface area contributed by atoms with Gasteiger partial charge < -0.3 is 9.45 Å². The van der Waals surface area contributed by atoms with Gasteiger partial charge in [0.15, 0.2) is 0 Å². The first-order valence-electron chi connectivity index (χ1n) is 11.1. The van der Waals surface area contributed by atoms with Gasteiger partial charge in [0.05, 0.1) is 16.9 Å². The Balaban J connectivity index is 1.84. The highest BCUT2D eigenvalue weighted by molar-refractivity contribution is 7.90. The first-order chi connectivity index (χ1) is 15.1. The minimum absolute atomic E-state index is 0.0300.